The van der Waals surface area contributed by atoms with Crippen molar-refractivity contribution in [1.29, 1.82) is 0 Å². The molecule has 2 amide bonds. The summed E-state index contributed by atoms with van der Waals surface area (Å²) in [6.45, 7) is 1.78. The Bertz CT molecular complexity index is 1150. The van der Waals surface area contributed by atoms with Crippen LogP contribution in [0.25, 0.3) is 0 Å². The zero-order chi connectivity index (χ0) is 23.3. The van der Waals surface area contributed by atoms with Crippen molar-refractivity contribution in [2.75, 3.05) is 11.1 Å². The van der Waals surface area contributed by atoms with Crippen molar-refractivity contribution < 1.29 is 19.5 Å². The smallest absolute Gasteiger partial charge is 0.335 e. The van der Waals surface area contributed by atoms with E-state index in [1.165, 1.54) is 36.0 Å². The third-order valence-electron chi connectivity index (χ3n) is 4.47. The van der Waals surface area contributed by atoms with Crippen LogP contribution in [-0.2, 0) is 11.8 Å². The number of nitrogens with zero attached hydrogens (tertiary/aromatic N) is 3. The number of nitrogens with one attached hydrogen (secondary N) is 2. The molecule has 0 aliphatic heterocycles. The maximum Gasteiger partial charge on any atom is 0.335 e. The molecule has 0 spiro atoms. The van der Waals surface area contributed by atoms with E-state index >= 15 is 0 Å². The van der Waals surface area contributed by atoms with Gasteiger partial charge in [0.1, 0.15) is 0 Å². The van der Waals surface area contributed by atoms with Crippen LogP contribution in [0.15, 0.2) is 53.7 Å². The number of hydrogen-bond donors (Lipinski definition) is 3. The molecular formula is C21H20ClN5O4S. The first kappa shape index (κ1) is 23.3. The number of amides is 2. The lowest BCUT2D eigenvalue weighted by molar-refractivity contribution is -0.113. The Morgan fingerprint density at radius 1 is 1.12 bits per heavy atom. The normalized spacial score (nSPS) is 11.6. The van der Waals surface area contributed by atoms with Gasteiger partial charge in [-0.15, -0.1) is 10.2 Å². The Labute approximate surface area is 193 Å². The number of rotatable bonds is 8. The number of thioether (sulfide) groups is 1. The second kappa shape index (κ2) is 10.3. The van der Waals surface area contributed by atoms with Gasteiger partial charge in [-0.2, -0.15) is 0 Å². The first-order chi connectivity index (χ1) is 15.3. The second-order valence-corrected chi connectivity index (χ2v) is 8.14. The number of carboxylic acid groups (broad SMARTS) is 1. The Kier molecular flexibility index (Phi) is 7.49. The van der Waals surface area contributed by atoms with E-state index in [1.54, 1.807) is 42.8 Å². The molecule has 0 aliphatic carbocycles. The lowest BCUT2D eigenvalue weighted by Crippen LogP contribution is -2.28. The molecule has 0 aliphatic rings. The fourth-order valence-electron chi connectivity index (χ4n) is 2.84. The van der Waals surface area contributed by atoms with E-state index in [0.29, 0.717) is 27.3 Å². The molecule has 0 fully saturated rings. The number of carboxylic acids is 1. The van der Waals surface area contributed by atoms with Gasteiger partial charge in [-0.1, -0.05) is 35.5 Å². The van der Waals surface area contributed by atoms with Crippen LogP contribution in [0.4, 0.5) is 5.69 Å². The van der Waals surface area contributed by atoms with Crippen LogP contribution >= 0.6 is 23.4 Å². The van der Waals surface area contributed by atoms with E-state index in [2.05, 4.69) is 20.8 Å². The number of hydrogen-bond acceptors (Lipinski definition) is 6. The topological polar surface area (TPSA) is 126 Å². The van der Waals surface area contributed by atoms with Crippen molar-refractivity contribution in [2.24, 2.45) is 7.05 Å². The van der Waals surface area contributed by atoms with Gasteiger partial charge in [0.15, 0.2) is 11.0 Å². The summed E-state index contributed by atoms with van der Waals surface area (Å²) >= 11 is 7.26. The number of halogens is 1. The van der Waals surface area contributed by atoms with Gasteiger partial charge >= 0.3 is 5.97 Å². The summed E-state index contributed by atoms with van der Waals surface area (Å²) in [6, 6.07) is 12.2. The van der Waals surface area contributed by atoms with Gasteiger partial charge in [0.05, 0.1) is 27.9 Å². The molecule has 3 rings (SSSR count). The summed E-state index contributed by atoms with van der Waals surface area (Å²) in [5, 5.41) is 23.5. The fourth-order valence-corrected chi connectivity index (χ4v) is 3.78. The van der Waals surface area contributed by atoms with Crippen LogP contribution in [-0.4, -0.2) is 43.4 Å². The number of aromatic carboxylic acids is 1. The predicted octanol–water partition coefficient (Wildman–Crippen LogP) is 3.39. The maximum absolute atomic E-state index is 12.5. The predicted molar refractivity (Wildman–Crippen MR) is 121 cm³/mol. The quantitative estimate of drug-likeness (QED) is 0.428. The maximum atomic E-state index is 12.5. The Morgan fingerprint density at radius 2 is 1.81 bits per heavy atom. The number of benzene rings is 2. The van der Waals surface area contributed by atoms with Crippen molar-refractivity contribution in [3.8, 4) is 0 Å². The van der Waals surface area contributed by atoms with Gasteiger partial charge in [0.25, 0.3) is 5.91 Å². The molecule has 0 unspecified atom stereocenters. The SMILES string of the molecule is C[C@H](NC(=O)c1ccccc1Cl)c1nnc(SCC(=O)Nc2ccc(C(=O)O)cc2)n1C. The minimum atomic E-state index is -1.03. The number of aromatic nitrogens is 3. The third kappa shape index (κ3) is 5.65. The monoisotopic (exact) mass is 473 g/mol. The van der Waals surface area contributed by atoms with Gasteiger partial charge in [-0.05, 0) is 43.3 Å². The Morgan fingerprint density at radius 3 is 2.47 bits per heavy atom. The molecule has 2 aromatic carbocycles. The lowest BCUT2D eigenvalue weighted by atomic mass is 10.2. The number of carbonyl (C=O) groups excluding carboxylic acids is 2. The molecule has 1 aromatic heterocycles. The highest BCUT2D eigenvalue weighted by Gasteiger charge is 2.20. The Hall–Kier alpha value is -3.37. The van der Waals surface area contributed by atoms with Crippen LogP contribution in [0.5, 0.6) is 0 Å². The summed E-state index contributed by atoms with van der Waals surface area (Å²) < 4.78 is 1.71. The minimum Gasteiger partial charge on any atom is -0.478 e. The summed E-state index contributed by atoms with van der Waals surface area (Å²) in [5.41, 5.74) is 1.00. The van der Waals surface area contributed by atoms with Crippen molar-refractivity contribution >= 4 is 46.8 Å². The summed E-state index contributed by atoms with van der Waals surface area (Å²) in [7, 11) is 1.75. The molecule has 0 bridgehead atoms. The van der Waals surface area contributed by atoms with Crippen molar-refractivity contribution in [2.45, 2.75) is 18.1 Å². The highest BCUT2D eigenvalue weighted by Crippen LogP contribution is 2.21. The lowest BCUT2D eigenvalue weighted by Gasteiger charge is -2.14. The van der Waals surface area contributed by atoms with Gasteiger partial charge in [-0.3, -0.25) is 9.59 Å². The number of carbonyl (C=O) groups is 3. The molecule has 0 radical (unpaired) electrons. The molecule has 32 heavy (non-hydrogen) atoms. The zero-order valence-electron chi connectivity index (χ0n) is 17.2. The van der Waals surface area contributed by atoms with E-state index in [-0.39, 0.29) is 23.1 Å². The van der Waals surface area contributed by atoms with Crippen molar-refractivity contribution in [3.63, 3.8) is 0 Å². The highest BCUT2D eigenvalue weighted by atomic mass is 35.5. The van der Waals surface area contributed by atoms with Crippen LogP contribution in [0.3, 0.4) is 0 Å². The molecule has 11 heteroatoms. The molecule has 166 valence electrons. The third-order valence-corrected chi connectivity index (χ3v) is 5.82. The van der Waals surface area contributed by atoms with Crippen molar-refractivity contribution in [3.05, 3.63) is 70.5 Å². The molecule has 1 atom stereocenters. The molecule has 9 nitrogen and oxygen atoms in total. The zero-order valence-corrected chi connectivity index (χ0v) is 18.8. The molecular weight excluding hydrogens is 454 g/mol. The second-order valence-electron chi connectivity index (χ2n) is 6.79. The minimum absolute atomic E-state index is 0.0764. The Balaban J connectivity index is 1.57. The molecule has 0 saturated heterocycles. The standard InChI is InChI=1S/C21H20ClN5O4S/c1-12(23-19(29)15-5-3-4-6-16(15)22)18-25-26-21(27(18)2)32-11-17(28)24-14-9-7-13(8-10-14)20(30)31/h3-10,12H,11H2,1-2H3,(H,23,29)(H,24,28)(H,30,31)/t12-/m0/s1. The first-order valence-corrected chi connectivity index (χ1v) is 10.8. The average molecular weight is 474 g/mol. The van der Waals surface area contributed by atoms with E-state index in [4.69, 9.17) is 16.7 Å². The summed E-state index contributed by atoms with van der Waals surface area (Å²) in [6.07, 6.45) is 0. The van der Waals surface area contributed by atoms with Crippen LogP contribution in [0, 0.1) is 0 Å². The van der Waals surface area contributed by atoms with E-state index in [9.17, 15) is 14.4 Å². The molecule has 0 saturated carbocycles. The van der Waals surface area contributed by atoms with E-state index < -0.39 is 12.0 Å². The van der Waals surface area contributed by atoms with E-state index in [1.807, 2.05) is 0 Å². The fraction of sp³-hybridized carbons (Fsp3) is 0.190. The summed E-state index contributed by atoms with van der Waals surface area (Å²) in [5.74, 6) is -1.03. The molecule has 3 aromatic rings. The average Bonchev–Trinajstić information content (AvgIpc) is 3.13. The first-order valence-electron chi connectivity index (χ1n) is 9.47. The van der Waals surface area contributed by atoms with Crippen LogP contribution in [0.1, 0.15) is 39.5 Å². The largest absolute Gasteiger partial charge is 0.478 e. The number of anilines is 1. The van der Waals surface area contributed by atoms with Gasteiger partial charge in [-0.25, -0.2) is 4.79 Å². The van der Waals surface area contributed by atoms with Gasteiger partial charge in [0, 0.05) is 12.7 Å². The van der Waals surface area contributed by atoms with Crippen LogP contribution < -0.4 is 10.6 Å². The molecule has 1 heterocycles. The van der Waals surface area contributed by atoms with Gasteiger partial charge < -0.3 is 20.3 Å². The summed E-state index contributed by atoms with van der Waals surface area (Å²) in [4.78, 5) is 35.6. The van der Waals surface area contributed by atoms with Gasteiger partial charge in [0.2, 0.25) is 5.91 Å². The van der Waals surface area contributed by atoms with Crippen molar-refractivity contribution in [1.82, 2.24) is 20.1 Å². The van der Waals surface area contributed by atoms with Crippen LogP contribution in [0.2, 0.25) is 5.02 Å². The molecule has 3 N–H and O–H groups in total. The highest BCUT2D eigenvalue weighted by molar-refractivity contribution is 7.99. The van der Waals surface area contributed by atoms with E-state index in [0.717, 1.165) is 0 Å².